The molecule has 1 aliphatic heterocycles. The van der Waals surface area contributed by atoms with E-state index < -0.39 is 46.1 Å². The smallest absolute Gasteiger partial charge is 0.333 e. The summed E-state index contributed by atoms with van der Waals surface area (Å²) in [6.45, 7) is 14.7. The second-order valence-corrected chi connectivity index (χ2v) is 14.2. The summed E-state index contributed by atoms with van der Waals surface area (Å²) in [5.74, 6) is -2.87. The van der Waals surface area contributed by atoms with Gasteiger partial charge >= 0.3 is 5.97 Å². The van der Waals surface area contributed by atoms with E-state index in [9.17, 15) is 18.5 Å². The quantitative estimate of drug-likeness (QED) is 0.216. The van der Waals surface area contributed by atoms with Crippen LogP contribution in [0.4, 0.5) is 13.2 Å². The number of carboxylic acid groups (broad SMARTS) is 1. The molecule has 2 unspecified atom stereocenters. The van der Waals surface area contributed by atoms with Gasteiger partial charge in [-0.15, -0.1) is 0 Å². The summed E-state index contributed by atoms with van der Waals surface area (Å²) in [5, 5.41) is 10.0. The van der Waals surface area contributed by atoms with Gasteiger partial charge in [0.15, 0.2) is 6.10 Å². The Kier molecular flexibility index (Phi) is 13.9. The molecule has 6 nitrogen and oxygen atoms in total. The highest BCUT2D eigenvalue weighted by Crippen LogP contribution is 2.45. The Morgan fingerprint density at radius 3 is 2.22 bits per heavy atom. The lowest BCUT2D eigenvalue weighted by Gasteiger charge is -2.37. The second kappa shape index (κ2) is 17.2. The minimum atomic E-state index is -1.68. The zero-order valence-electron chi connectivity index (χ0n) is 29.8. The fraction of sp³-hybridized carbons (Fsp3) is 0.410. The van der Waals surface area contributed by atoms with E-state index in [0.717, 1.165) is 17.7 Å². The van der Waals surface area contributed by atoms with Gasteiger partial charge < -0.3 is 14.6 Å². The van der Waals surface area contributed by atoms with E-state index >= 15 is 8.78 Å². The first kappa shape index (κ1) is 39.5. The van der Waals surface area contributed by atoms with Gasteiger partial charge in [-0.1, -0.05) is 62.7 Å². The maximum Gasteiger partial charge on any atom is 0.333 e. The average molecular weight is 700 g/mol. The molecule has 3 aromatic carbocycles. The fourth-order valence-corrected chi connectivity index (χ4v) is 6.61. The largest absolute Gasteiger partial charge is 0.489 e. The maximum atomic E-state index is 15.8. The van der Waals surface area contributed by atoms with E-state index in [1.165, 1.54) is 22.7 Å². The highest BCUT2D eigenvalue weighted by Gasteiger charge is 2.36. The number of aliphatic carboxylic acids is 1. The Hall–Kier alpha value is -3.89. The topological polar surface area (TPSA) is 76.1 Å². The van der Waals surface area contributed by atoms with Gasteiger partial charge in [0.2, 0.25) is 0 Å². The first-order valence-corrected chi connectivity index (χ1v) is 17.9. The fourth-order valence-electron chi connectivity index (χ4n) is 5.79. The molecule has 1 N–H and O–H groups in total. The standard InChI is InChI=1S/C37H42F3NO5S.C2H6/c1-22(17-26-13-14-27(38)19-31(26)45-21-25-11-9-8-10-12-25)24(3)33-34-28(29(39)15-16-30(34)40)20-41(47(7)44)35(33)23(2)18-32(36(42)43)46-37(4,5)6;1-2/h8-16,19,22,32H,17-18,20-21H2,1-7H3,(H,42,43);1-2H3/b33-24-,35-23+;/t22?,32-,47?;/m0./s1. The summed E-state index contributed by atoms with van der Waals surface area (Å²) in [6, 6.07) is 15.9. The number of ether oxygens (including phenoxy) is 2. The van der Waals surface area contributed by atoms with E-state index in [2.05, 4.69) is 0 Å². The van der Waals surface area contributed by atoms with Crippen LogP contribution >= 0.6 is 0 Å². The molecule has 10 heteroatoms. The summed E-state index contributed by atoms with van der Waals surface area (Å²) in [4.78, 5) is 12.3. The van der Waals surface area contributed by atoms with Crippen molar-refractivity contribution in [2.24, 2.45) is 5.92 Å². The second-order valence-electron chi connectivity index (χ2n) is 12.9. The van der Waals surface area contributed by atoms with Gasteiger partial charge in [-0.25, -0.2) is 22.2 Å². The predicted octanol–water partition coefficient (Wildman–Crippen LogP) is 9.40. The van der Waals surface area contributed by atoms with Crippen molar-refractivity contribution in [1.29, 1.82) is 0 Å². The third-order valence-electron chi connectivity index (χ3n) is 8.15. The lowest BCUT2D eigenvalue weighted by molar-refractivity contribution is -0.159. The van der Waals surface area contributed by atoms with Crippen LogP contribution in [0.1, 0.15) is 84.1 Å². The SMILES string of the molecule is C/C(=C1/C(=C(/C)C[C@H](OC(C)(C)C)C(=O)O)N(S(C)=O)Cc2c(F)ccc(F)c21)C(C)Cc1ccc(F)cc1OCc1ccccc1.CC. The van der Waals surface area contributed by atoms with Crippen LogP contribution in [0.25, 0.3) is 5.57 Å². The molecule has 4 rings (SSSR count). The summed E-state index contributed by atoms with van der Waals surface area (Å²) in [5.41, 5.74) is 2.85. The Morgan fingerprint density at radius 2 is 1.63 bits per heavy atom. The van der Waals surface area contributed by atoms with Crippen LogP contribution in [-0.4, -0.2) is 37.6 Å². The number of hydrogen-bond donors (Lipinski definition) is 1. The number of allylic oxidation sites excluding steroid dienone is 2. The van der Waals surface area contributed by atoms with E-state index in [-0.39, 0.29) is 36.6 Å². The van der Waals surface area contributed by atoms with Crippen molar-refractivity contribution in [3.8, 4) is 5.75 Å². The van der Waals surface area contributed by atoms with Gasteiger partial charge in [0, 0.05) is 35.4 Å². The molecule has 1 aliphatic rings. The number of hydrogen-bond acceptors (Lipinski definition) is 4. The van der Waals surface area contributed by atoms with Gasteiger partial charge in [-0.05, 0) is 81.9 Å². The highest BCUT2D eigenvalue weighted by molar-refractivity contribution is 7.82. The van der Waals surface area contributed by atoms with Crippen molar-refractivity contribution < 1.29 is 36.8 Å². The molecule has 49 heavy (non-hydrogen) atoms. The average Bonchev–Trinajstić information content (AvgIpc) is 3.05. The van der Waals surface area contributed by atoms with Gasteiger partial charge in [0.05, 0.1) is 17.8 Å². The lowest BCUT2D eigenvalue weighted by atomic mass is 9.82. The molecule has 3 aromatic rings. The number of carboxylic acids is 1. The molecule has 0 aliphatic carbocycles. The summed E-state index contributed by atoms with van der Waals surface area (Å²) < 4.78 is 72.1. The van der Waals surface area contributed by atoms with Gasteiger partial charge in [-0.2, -0.15) is 0 Å². The molecule has 0 fully saturated rings. The molecule has 266 valence electrons. The van der Waals surface area contributed by atoms with Crippen molar-refractivity contribution >= 4 is 22.5 Å². The Labute approximate surface area is 291 Å². The van der Waals surface area contributed by atoms with E-state index in [4.69, 9.17) is 9.47 Å². The lowest BCUT2D eigenvalue weighted by Crippen LogP contribution is -2.35. The van der Waals surface area contributed by atoms with Gasteiger partial charge in [0.25, 0.3) is 0 Å². The van der Waals surface area contributed by atoms with Crippen molar-refractivity contribution in [3.63, 3.8) is 0 Å². The molecule has 0 radical (unpaired) electrons. The zero-order valence-corrected chi connectivity index (χ0v) is 30.6. The third kappa shape index (κ3) is 10.1. The number of carbonyl (C=O) groups is 1. The van der Waals surface area contributed by atoms with Gasteiger partial charge in [-0.3, -0.25) is 4.31 Å². The van der Waals surface area contributed by atoms with E-state index in [1.807, 2.05) is 51.1 Å². The maximum absolute atomic E-state index is 15.8. The van der Waals surface area contributed by atoms with E-state index in [0.29, 0.717) is 40.2 Å². The number of nitrogens with zero attached hydrogens (tertiary/aromatic N) is 1. The molecular weight excluding hydrogens is 651 g/mol. The number of benzene rings is 3. The number of fused-ring (bicyclic) bond motifs is 1. The first-order valence-electron chi connectivity index (χ1n) is 16.4. The van der Waals surface area contributed by atoms with Crippen molar-refractivity contribution in [3.05, 3.63) is 117 Å². The van der Waals surface area contributed by atoms with Crippen LogP contribution < -0.4 is 4.74 Å². The van der Waals surface area contributed by atoms with Crippen LogP contribution in [-0.2, 0) is 40.1 Å². The molecular formula is C39H48F3NO5S. The Morgan fingerprint density at radius 1 is 1.00 bits per heavy atom. The van der Waals surface area contributed by atoms with Crippen LogP contribution in [0, 0.1) is 23.4 Å². The first-order chi connectivity index (χ1) is 23.1. The molecule has 0 saturated heterocycles. The van der Waals surface area contributed by atoms with Crippen molar-refractivity contribution in [2.75, 3.05) is 6.26 Å². The highest BCUT2D eigenvalue weighted by atomic mass is 32.2. The normalized spacial score (nSPS) is 16.9. The summed E-state index contributed by atoms with van der Waals surface area (Å²) in [6.07, 6.45) is 0.484. The zero-order chi connectivity index (χ0) is 36.6. The minimum Gasteiger partial charge on any atom is -0.489 e. The molecule has 0 bridgehead atoms. The van der Waals surface area contributed by atoms with Crippen molar-refractivity contribution in [1.82, 2.24) is 4.31 Å². The minimum absolute atomic E-state index is 0.0497. The molecule has 0 aromatic heterocycles. The van der Waals surface area contributed by atoms with Crippen molar-refractivity contribution in [2.45, 2.75) is 93.1 Å². The molecule has 0 saturated carbocycles. The van der Waals surface area contributed by atoms with Crippen LogP contribution in [0.5, 0.6) is 5.75 Å². The van der Waals surface area contributed by atoms with Gasteiger partial charge in [0.1, 0.15) is 40.8 Å². The van der Waals surface area contributed by atoms with Crippen LogP contribution in [0.2, 0.25) is 0 Å². The molecule has 1 heterocycles. The molecule has 0 amide bonds. The molecule has 3 atom stereocenters. The van der Waals surface area contributed by atoms with E-state index in [1.54, 1.807) is 40.7 Å². The number of rotatable bonds is 11. The summed E-state index contributed by atoms with van der Waals surface area (Å²) in [7, 11) is -1.68. The molecule has 0 spiro atoms. The summed E-state index contributed by atoms with van der Waals surface area (Å²) >= 11 is 0. The number of halogens is 3. The van der Waals surface area contributed by atoms with Crippen LogP contribution in [0.3, 0.4) is 0 Å². The third-order valence-corrected chi connectivity index (χ3v) is 9.08. The Balaban J connectivity index is 0.00000319. The Bertz CT molecular complexity index is 1720. The monoisotopic (exact) mass is 699 g/mol. The van der Waals surface area contributed by atoms with Crippen LogP contribution in [0.15, 0.2) is 77.5 Å². The predicted molar refractivity (Wildman–Crippen MR) is 190 cm³/mol.